The molecule has 2 N–H and O–H groups in total. The van der Waals surface area contributed by atoms with Gasteiger partial charge in [0.05, 0.1) is 12.9 Å². The summed E-state index contributed by atoms with van der Waals surface area (Å²) in [5.74, 6) is -0.515. The minimum Gasteiger partial charge on any atom is -0.478 e. The van der Waals surface area contributed by atoms with Crippen molar-refractivity contribution >= 4 is 5.91 Å². The van der Waals surface area contributed by atoms with Gasteiger partial charge in [0.1, 0.15) is 11.8 Å². The highest BCUT2D eigenvalue weighted by Gasteiger charge is 2.24. The van der Waals surface area contributed by atoms with E-state index in [9.17, 15) is 14.3 Å². The van der Waals surface area contributed by atoms with Crippen molar-refractivity contribution in [1.29, 1.82) is 0 Å². The van der Waals surface area contributed by atoms with Gasteiger partial charge in [0, 0.05) is 0 Å². The van der Waals surface area contributed by atoms with Crippen molar-refractivity contribution in [3.05, 3.63) is 54.2 Å². The van der Waals surface area contributed by atoms with E-state index in [1.54, 1.807) is 31.2 Å². The van der Waals surface area contributed by atoms with Gasteiger partial charge in [-0.2, -0.15) is 0 Å². The fraction of sp³-hybridized carbons (Fsp3) is 0.312. The Morgan fingerprint density at radius 1 is 1.36 bits per heavy atom. The van der Waals surface area contributed by atoms with Crippen LogP contribution in [0.1, 0.15) is 25.1 Å². The Hall–Kier alpha value is -2.34. The molecule has 1 aromatic carbocycles. The lowest BCUT2D eigenvalue weighted by atomic mass is 10.2. The Bertz CT molecular complexity index is 600. The van der Waals surface area contributed by atoms with Crippen LogP contribution < -0.4 is 10.1 Å². The Balaban J connectivity index is 2.04. The van der Waals surface area contributed by atoms with Crippen LogP contribution in [0.2, 0.25) is 0 Å². The second-order valence-corrected chi connectivity index (χ2v) is 4.70. The van der Waals surface area contributed by atoms with Gasteiger partial charge in [0.15, 0.2) is 17.7 Å². The van der Waals surface area contributed by atoms with Gasteiger partial charge in [-0.05, 0) is 30.7 Å². The first-order chi connectivity index (χ1) is 10.7. The highest BCUT2D eigenvalue weighted by atomic mass is 19.1. The normalized spacial score (nSPS) is 13.4. The molecule has 6 heteroatoms. The zero-order valence-electron chi connectivity index (χ0n) is 12.2. The monoisotopic (exact) mass is 307 g/mol. The molecule has 1 aromatic heterocycles. The number of hydrogen-bond donors (Lipinski definition) is 2. The van der Waals surface area contributed by atoms with E-state index in [2.05, 4.69) is 5.32 Å². The molecule has 118 valence electrons. The Kier molecular flexibility index (Phi) is 5.55. The molecular weight excluding hydrogens is 289 g/mol. The maximum atomic E-state index is 13.6. The lowest BCUT2D eigenvalue weighted by Gasteiger charge is -2.20. The van der Waals surface area contributed by atoms with Crippen LogP contribution in [0.3, 0.4) is 0 Å². The molecule has 0 aliphatic heterocycles. The average Bonchev–Trinajstić information content (AvgIpc) is 3.05. The summed E-state index contributed by atoms with van der Waals surface area (Å²) in [5, 5.41) is 12.0. The SMILES string of the molecule is CCC(Oc1ccccc1F)C(=O)NC(CO)c1ccco1. The molecule has 2 atom stereocenters. The number of carbonyl (C=O) groups excluding carboxylic acids is 1. The lowest BCUT2D eigenvalue weighted by molar-refractivity contribution is -0.129. The number of halogens is 1. The van der Waals surface area contributed by atoms with Crippen molar-refractivity contribution < 1.29 is 23.4 Å². The Labute approximate surface area is 127 Å². The van der Waals surface area contributed by atoms with Crippen LogP contribution in [0.4, 0.5) is 4.39 Å². The quantitative estimate of drug-likeness (QED) is 0.824. The van der Waals surface area contributed by atoms with E-state index in [-0.39, 0.29) is 12.4 Å². The van der Waals surface area contributed by atoms with Gasteiger partial charge in [-0.3, -0.25) is 4.79 Å². The van der Waals surface area contributed by atoms with E-state index >= 15 is 0 Å². The van der Waals surface area contributed by atoms with Gasteiger partial charge in [-0.1, -0.05) is 19.1 Å². The third-order valence-corrected chi connectivity index (χ3v) is 3.15. The number of nitrogens with one attached hydrogen (secondary N) is 1. The average molecular weight is 307 g/mol. The molecule has 2 aromatic rings. The van der Waals surface area contributed by atoms with E-state index in [0.29, 0.717) is 12.2 Å². The third-order valence-electron chi connectivity index (χ3n) is 3.15. The van der Waals surface area contributed by atoms with Crippen molar-refractivity contribution in [2.45, 2.75) is 25.5 Å². The molecule has 0 aliphatic carbocycles. The summed E-state index contributed by atoms with van der Waals surface area (Å²) in [6.45, 7) is 1.45. The van der Waals surface area contributed by atoms with E-state index < -0.39 is 23.9 Å². The fourth-order valence-corrected chi connectivity index (χ4v) is 1.98. The maximum Gasteiger partial charge on any atom is 0.261 e. The van der Waals surface area contributed by atoms with E-state index in [4.69, 9.17) is 9.15 Å². The maximum absolute atomic E-state index is 13.6. The minimum absolute atomic E-state index is 0.0167. The number of rotatable bonds is 7. The summed E-state index contributed by atoms with van der Waals surface area (Å²) in [4.78, 5) is 12.2. The van der Waals surface area contributed by atoms with Crippen LogP contribution in [0.5, 0.6) is 5.75 Å². The number of ether oxygens (including phenoxy) is 1. The summed E-state index contributed by atoms with van der Waals surface area (Å²) < 4.78 is 24.2. The molecule has 0 saturated carbocycles. The molecule has 0 spiro atoms. The summed E-state index contributed by atoms with van der Waals surface area (Å²) in [7, 11) is 0. The minimum atomic E-state index is -0.860. The van der Waals surface area contributed by atoms with Crippen molar-refractivity contribution in [2.24, 2.45) is 0 Å². The predicted octanol–water partition coefficient (Wildman–Crippen LogP) is 2.43. The summed E-state index contributed by atoms with van der Waals surface area (Å²) in [6, 6.07) is 8.54. The van der Waals surface area contributed by atoms with Crippen molar-refractivity contribution in [3.63, 3.8) is 0 Å². The predicted molar refractivity (Wildman–Crippen MR) is 77.8 cm³/mol. The van der Waals surface area contributed by atoms with Crippen molar-refractivity contribution in [2.75, 3.05) is 6.61 Å². The van der Waals surface area contributed by atoms with E-state index in [1.807, 2.05) is 0 Å². The first-order valence-corrected chi connectivity index (χ1v) is 7.01. The molecular formula is C16H18FNO4. The van der Waals surface area contributed by atoms with Crippen molar-refractivity contribution in [3.8, 4) is 5.75 Å². The van der Waals surface area contributed by atoms with Gasteiger partial charge in [0.2, 0.25) is 0 Å². The number of furan rings is 1. The zero-order valence-corrected chi connectivity index (χ0v) is 12.2. The largest absolute Gasteiger partial charge is 0.478 e. The number of aliphatic hydroxyl groups is 1. The second kappa shape index (κ2) is 7.61. The lowest BCUT2D eigenvalue weighted by Crippen LogP contribution is -2.41. The molecule has 1 heterocycles. The standard InChI is InChI=1S/C16H18FNO4/c1-2-13(22-14-7-4-3-6-11(14)17)16(20)18-12(10-19)15-8-5-9-21-15/h3-9,12-13,19H,2,10H2,1H3,(H,18,20). The van der Waals surface area contributed by atoms with E-state index in [1.165, 1.54) is 18.4 Å². The van der Waals surface area contributed by atoms with Crippen LogP contribution in [-0.4, -0.2) is 23.7 Å². The highest BCUT2D eigenvalue weighted by molar-refractivity contribution is 5.81. The van der Waals surface area contributed by atoms with E-state index in [0.717, 1.165) is 0 Å². The second-order valence-electron chi connectivity index (χ2n) is 4.70. The molecule has 1 amide bonds. The molecule has 0 aliphatic rings. The molecule has 0 saturated heterocycles. The summed E-state index contributed by atoms with van der Waals surface area (Å²) in [5.41, 5.74) is 0. The van der Waals surface area contributed by atoms with Crippen molar-refractivity contribution in [1.82, 2.24) is 5.32 Å². The van der Waals surface area contributed by atoms with Crippen LogP contribution in [0.25, 0.3) is 0 Å². The van der Waals surface area contributed by atoms with Crippen LogP contribution in [0.15, 0.2) is 47.1 Å². The zero-order chi connectivity index (χ0) is 15.9. The molecule has 0 bridgehead atoms. The first-order valence-electron chi connectivity index (χ1n) is 7.01. The number of benzene rings is 1. The Morgan fingerprint density at radius 2 is 2.14 bits per heavy atom. The molecule has 22 heavy (non-hydrogen) atoms. The number of amides is 1. The molecule has 0 fully saturated rings. The van der Waals surface area contributed by atoms with Crippen LogP contribution in [-0.2, 0) is 4.79 Å². The molecule has 2 unspecified atom stereocenters. The first kappa shape index (κ1) is 16.0. The van der Waals surface area contributed by atoms with Gasteiger partial charge in [-0.25, -0.2) is 4.39 Å². The molecule has 2 rings (SSSR count). The highest BCUT2D eigenvalue weighted by Crippen LogP contribution is 2.19. The Morgan fingerprint density at radius 3 is 2.73 bits per heavy atom. The number of hydrogen-bond acceptors (Lipinski definition) is 4. The molecule has 0 radical (unpaired) electrons. The van der Waals surface area contributed by atoms with Gasteiger partial charge >= 0.3 is 0 Å². The number of aliphatic hydroxyl groups excluding tert-OH is 1. The molecule has 5 nitrogen and oxygen atoms in total. The number of para-hydroxylation sites is 1. The summed E-state index contributed by atoms with van der Waals surface area (Å²) in [6.07, 6.45) is 0.953. The van der Waals surface area contributed by atoms with Crippen LogP contribution in [0, 0.1) is 5.82 Å². The summed E-state index contributed by atoms with van der Waals surface area (Å²) >= 11 is 0. The van der Waals surface area contributed by atoms with Crippen LogP contribution >= 0.6 is 0 Å². The van der Waals surface area contributed by atoms with Gasteiger partial charge in [-0.15, -0.1) is 0 Å². The van der Waals surface area contributed by atoms with Gasteiger partial charge in [0.25, 0.3) is 5.91 Å². The topological polar surface area (TPSA) is 71.7 Å². The fourth-order valence-electron chi connectivity index (χ4n) is 1.98. The smallest absolute Gasteiger partial charge is 0.261 e. The number of carbonyl (C=O) groups is 1. The third kappa shape index (κ3) is 3.85. The van der Waals surface area contributed by atoms with Gasteiger partial charge < -0.3 is 19.6 Å².